The molecule has 1 atom stereocenters. The van der Waals surface area contributed by atoms with Gasteiger partial charge in [0.1, 0.15) is 0 Å². The Hall–Kier alpha value is -0.580. The Kier molecular flexibility index (Phi) is 3.99. The second-order valence-corrected chi connectivity index (χ2v) is 8.19. The molecule has 0 N–H and O–H groups in total. The van der Waals surface area contributed by atoms with Crippen LogP contribution < -0.4 is 0 Å². The van der Waals surface area contributed by atoms with E-state index in [2.05, 4.69) is 6.92 Å². The highest BCUT2D eigenvalue weighted by molar-refractivity contribution is 7.91. The molecular weight excluding hydrogens is 250 g/mol. The van der Waals surface area contributed by atoms with Crippen molar-refractivity contribution in [2.75, 3.05) is 18.6 Å². The van der Waals surface area contributed by atoms with Crippen molar-refractivity contribution in [3.8, 4) is 0 Å². The van der Waals surface area contributed by atoms with Crippen molar-refractivity contribution in [3.63, 3.8) is 0 Å². The van der Waals surface area contributed by atoms with Crippen LogP contribution >= 0.6 is 0 Å². The van der Waals surface area contributed by atoms with Crippen molar-refractivity contribution >= 4 is 15.7 Å². The average molecular weight is 273 g/mol. The van der Waals surface area contributed by atoms with E-state index in [1.807, 2.05) is 11.9 Å². The molecular formula is C13H23NO3S. The number of nitrogens with zero attached hydrogens (tertiary/aromatic N) is 1. The lowest BCUT2D eigenvalue weighted by atomic mass is 9.86. The summed E-state index contributed by atoms with van der Waals surface area (Å²) in [6, 6.07) is 0.317. The first-order valence-corrected chi connectivity index (χ1v) is 8.68. The lowest BCUT2D eigenvalue weighted by molar-refractivity contribution is -0.136. The quantitative estimate of drug-likeness (QED) is 0.765. The van der Waals surface area contributed by atoms with Crippen molar-refractivity contribution < 1.29 is 13.2 Å². The molecule has 0 radical (unpaired) electrons. The first-order valence-electron chi connectivity index (χ1n) is 6.86. The molecule has 0 unspecified atom stereocenters. The van der Waals surface area contributed by atoms with Gasteiger partial charge < -0.3 is 4.90 Å². The minimum atomic E-state index is -2.96. The van der Waals surface area contributed by atoms with E-state index in [0.717, 1.165) is 18.8 Å². The number of carbonyl (C=O) groups is 1. The van der Waals surface area contributed by atoms with Gasteiger partial charge in [-0.25, -0.2) is 8.42 Å². The second-order valence-electron chi connectivity index (χ2n) is 5.96. The van der Waals surface area contributed by atoms with Gasteiger partial charge in [-0.15, -0.1) is 0 Å². The maximum absolute atomic E-state index is 12.3. The summed E-state index contributed by atoms with van der Waals surface area (Å²) in [5.74, 6) is 0.740. The Bertz CT molecular complexity index is 410. The minimum Gasteiger partial charge on any atom is -0.343 e. The number of carbonyl (C=O) groups excluding carboxylic acids is 1. The Morgan fingerprint density at radius 2 is 1.72 bits per heavy atom. The van der Waals surface area contributed by atoms with E-state index in [0.29, 0.717) is 12.5 Å². The number of hydrogen-bond donors (Lipinski definition) is 0. The largest absolute Gasteiger partial charge is 0.343 e. The number of hydrogen-bond acceptors (Lipinski definition) is 3. The molecule has 1 saturated carbocycles. The van der Waals surface area contributed by atoms with Gasteiger partial charge in [-0.1, -0.05) is 6.92 Å². The van der Waals surface area contributed by atoms with E-state index in [9.17, 15) is 13.2 Å². The molecule has 5 heteroatoms. The van der Waals surface area contributed by atoms with Crippen LogP contribution in [0, 0.1) is 11.8 Å². The van der Waals surface area contributed by atoms with E-state index < -0.39 is 9.84 Å². The van der Waals surface area contributed by atoms with E-state index in [-0.39, 0.29) is 23.3 Å². The highest BCUT2D eigenvalue weighted by Gasteiger charge is 2.36. The van der Waals surface area contributed by atoms with Crippen LogP contribution in [0.2, 0.25) is 0 Å². The van der Waals surface area contributed by atoms with Crippen LogP contribution in [0.25, 0.3) is 0 Å². The third kappa shape index (κ3) is 3.05. The fourth-order valence-electron chi connectivity index (χ4n) is 3.09. The van der Waals surface area contributed by atoms with Gasteiger partial charge >= 0.3 is 0 Å². The van der Waals surface area contributed by atoms with Crippen LogP contribution in [-0.2, 0) is 14.6 Å². The molecule has 104 valence electrons. The average Bonchev–Trinajstić information content (AvgIpc) is 2.69. The Morgan fingerprint density at radius 3 is 2.22 bits per heavy atom. The molecule has 0 aromatic rings. The maximum atomic E-state index is 12.3. The summed E-state index contributed by atoms with van der Waals surface area (Å²) in [6.45, 7) is 2.25. The molecule has 0 spiro atoms. The van der Waals surface area contributed by atoms with Crippen molar-refractivity contribution in [3.05, 3.63) is 0 Å². The molecule has 1 aliphatic heterocycles. The monoisotopic (exact) mass is 273 g/mol. The predicted molar refractivity (Wildman–Crippen MR) is 71.0 cm³/mol. The zero-order valence-electron chi connectivity index (χ0n) is 11.3. The topological polar surface area (TPSA) is 54.5 Å². The molecule has 0 bridgehead atoms. The highest BCUT2D eigenvalue weighted by Crippen LogP contribution is 2.28. The van der Waals surface area contributed by atoms with Gasteiger partial charge in [-0.2, -0.15) is 0 Å². The highest BCUT2D eigenvalue weighted by atomic mass is 32.2. The molecule has 1 amide bonds. The molecule has 2 rings (SSSR count). The summed E-state index contributed by atoms with van der Waals surface area (Å²) in [5, 5.41) is 0. The fourth-order valence-corrected chi connectivity index (χ4v) is 4.82. The molecule has 0 aromatic heterocycles. The summed E-state index contributed by atoms with van der Waals surface area (Å²) >= 11 is 0. The molecule has 1 saturated heterocycles. The van der Waals surface area contributed by atoms with Crippen LogP contribution in [-0.4, -0.2) is 43.8 Å². The Balaban J connectivity index is 1.93. The first-order chi connectivity index (χ1) is 8.39. The van der Waals surface area contributed by atoms with Gasteiger partial charge in [0.25, 0.3) is 0 Å². The standard InChI is InChI=1S/C13H23NO3S/c1-10-3-5-12(6-4-10)14(2)13(15)11-7-8-18(16,17)9-11/h10-12H,3-9H2,1-2H3/t10?,11-,12?/m0/s1. The molecule has 0 aromatic carbocycles. The van der Waals surface area contributed by atoms with Crippen molar-refractivity contribution in [1.82, 2.24) is 4.90 Å². The summed E-state index contributed by atoms with van der Waals surface area (Å²) < 4.78 is 22.8. The summed E-state index contributed by atoms with van der Waals surface area (Å²) in [6.07, 6.45) is 4.97. The summed E-state index contributed by atoms with van der Waals surface area (Å²) in [7, 11) is -1.12. The normalized spacial score (nSPS) is 35.3. The van der Waals surface area contributed by atoms with Gasteiger partial charge in [-0.05, 0) is 38.0 Å². The van der Waals surface area contributed by atoms with Crippen molar-refractivity contribution in [2.45, 2.75) is 45.1 Å². The molecule has 2 fully saturated rings. The van der Waals surface area contributed by atoms with Crippen LogP contribution in [0.1, 0.15) is 39.0 Å². The fraction of sp³-hybridized carbons (Fsp3) is 0.923. The molecule has 1 aliphatic carbocycles. The van der Waals surface area contributed by atoms with Crippen LogP contribution in [0.5, 0.6) is 0 Å². The van der Waals surface area contributed by atoms with Gasteiger partial charge in [0.15, 0.2) is 9.84 Å². The molecule has 18 heavy (non-hydrogen) atoms. The maximum Gasteiger partial charge on any atom is 0.226 e. The van der Waals surface area contributed by atoms with Crippen LogP contribution in [0.15, 0.2) is 0 Å². The van der Waals surface area contributed by atoms with Crippen molar-refractivity contribution in [1.29, 1.82) is 0 Å². The zero-order chi connectivity index (χ0) is 13.3. The first kappa shape index (κ1) is 13.8. The summed E-state index contributed by atoms with van der Waals surface area (Å²) in [5.41, 5.74) is 0. The molecule has 1 heterocycles. The van der Waals surface area contributed by atoms with E-state index >= 15 is 0 Å². The van der Waals surface area contributed by atoms with Gasteiger partial charge in [-0.3, -0.25) is 4.79 Å². The lowest BCUT2D eigenvalue weighted by Crippen LogP contribution is -2.42. The number of sulfone groups is 1. The van der Waals surface area contributed by atoms with E-state index in [1.54, 1.807) is 0 Å². The van der Waals surface area contributed by atoms with Crippen molar-refractivity contribution in [2.24, 2.45) is 11.8 Å². The lowest BCUT2D eigenvalue weighted by Gasteiger charge is -2.34. The molecule has 2 aliphatic rings. The number of amides is 1. The minimum absolute atomic E-state index is 0.0376. The van der Waals surface area contributed by atoms with Gasteiger partial charge in [0, 0.05) is 13.1 Å². The predicted octanol–water partition coefficient (Wildman–Crippen LogP) is 1.46. The van der Waals surface area contributed by atoms with E-state index in [4.69, 9.17) is 0 Å². The second kappa shape index (κ2) is 5.19. The number of rotatable bonds is 2. The Morgan fingerprint density at radius 1 is 1.11 bits per heavy atom. The molecule has 4 nitrogen and oxygen atoms in total. The summed E-state index contributed by atoms with van der Waals surface area (Å²) in [4.78, 5) is 14.1. The third-order valence-electron chi connectivity index (χ3n) is 4.46. The van der Waals surface area contributed by atoms with Crippen LogP contribution in [0.4, 0.5) is 0 Å². The van der Waals surface area contributed by atoms with E-state index in [1.165, 1.54) is 12.8 Å². The van der Waals surface area contributed by atoms with Gasteiger partial charge in [0.2, 0.25) is 5.91 Å². The zero-order valence-corrected chi connectivity index (χ0v) is 12.1. The smallest absolute Gasteiger partial charge is 0.226 e. The third-order valence-corrected chi connectivity index (χ3v) is 6.23. The SMILES string of the molecule is CC1CCC(N(C)C(=O)[C@H]2CCS(=O)(=O)C2)CC1. The van der Waals surface area contributed by atoms with Crippen LogP contribution in [0.3, 0.4) is 0 Å². The Labute approximate surface area is 110 Å². The van der Waals surface area contributed by atoms with Gasteiger partial charge in [0.05, 0.1) is 17.4 Å².